The minimum absolute atomic E-state index is 0.279. The summed E-state index contributed by atoms with van der Waals surface area (Å²) < 4.78 is 28.1. The van der Waals surface area contributed by atoms with Crippen molar-refractivity contribution in [1.82, 2.24) is 10.3 Å². The fourth-order valence-electron chi connectivity index (χ4n) is 1.94. The Bertz CT molecular complexity index is 575. The third-order valence-corrected chi connectivity index (χ3v) is 3.19. The van der Waals surface area contributed by atoms with Gasteiger partial charge in [-0.05, 0) is 40.2 Å². The maximum atomic E-state index is 13.9. The first-order chi connectivity index (χ1) is 9.13. The lowest BCUT2D eigenvalue weighted by molar-refractivity contribution is 0.483. The van der Waals surface area contributed by atoms with Gasteiger partial charge in [0.2, 0.25) is 0 Å². The molecule has 19 heavy (non-hydrogen) atoms. The highest BCUT2D eigenvalue weighted by atomic mass is 79.9. The number of hydrogen-bond donors (Lipinski definition) is 1. The minimum Gasteiger partial charge on any atom is -0.306 e. The zero-order valence-corrected chi connectivity index (χ0v) is 11.9. The summed E-state index contributed by atoms with van der Waals surface area (Å²) in [5.74, 6) is -1.67. The van der Waals surface area contributed by atoms with Gasteiger partial charge in [-0.15, -0.1) is 0 Å². The van der Waals surface area contributed by atoms with Gasteiger partial charge in [0.15, 0.2) is 11.6 Å². The Labute approximate surface area is 119 Å². The molecule has 0 spiro atoms. The van der Waals surface area contributed by atoms with Crippen molar-refractivity contribution in [3.63, 3.8) is 0 Å². The van der Waals surface area contributed by atoms with Crippen LogP contribution in [0.3, 0.4) is 0 Å². The number of hydrogen-bond acceptors (Lipinski definition) is 2. The molecule has 1 aromatic heterocycles. The van der Waals surface area contributed by atoms with Gasteiger partial charge in [0.25, 0.3) is 0 Å². The van der Waals surface area contributed by atoms with Gasteiger partial charge < -0.3 is 5.32 Å². The molecule has 2 nitrogen and oxygen atoms in total. The fraction of sp³-hybridized carbons (Fsp3) is 0.214. The van der Waals surface area contributed by atoms with E-state index in [0.29, 0.717) is 6.54 Å². The van der Waals surface area contributed by atoms with Crippen LogP contribution in [-0.4, -0.2) is 11.5 Å². The van der Waals surface area contributed by atoms with Gasteiger partial charge in [0.1, 0.15) is 0 Å². The van der Waals surface area contributed by atoms with Gasteiger partial charge in [-0.1, -0.05) is 19.1 Å². The summed E-state index contributed by atoms with van der Waals surface area (Å²) >= 11 is 3.33. The second kappa shape index (κ2) is 6.21. The summed E-state index contributed by atoms with van der Waals surface area (Å²) in [6, 6.07) is 5.60. The molecule has 0 aliphatic carbocycles. The van der Waals surface area contributed by atoms with Crippen LogP contribution in [0.1, 0.15) is 24.1 Å². The first-order valence-electron chi connectivity index (χ1n) is 5.91. The lowest BCUT2D eigenvalue weighted by Gasteiger charge is -2.19. The smallest absolute Gasteiger partial charge is 0.163 e. The van der Waals surface area contributed by atoms with Crippen molar-refractivity contribution >= 4 is 15.9 Å². The molecule has 0 fully saturated rings. The monoisotopic (exact) mass is 326 g/mol. The molecule has 0 aliphatic rings. The standard InChI is InChI=1S/C14H13BrF2N2/c1-2-19-14(9-6-10(15)8-18-7-9)11-4-3-5-12(16)13(11)17/h3-8,14,19H,2H2,1H3. The molecule has 1 atom stereocenters. The third-order valence-electron chi connectivity index (χ3n) is 2.76. The van der Waals surface area contributed by atoms with E-state index < -0.39 is 17.7 Å². The summed E-state index contributed by atoms with van der Waals surface area (Å²) in [5.41, 5.74) is 1.06. The molecule has 5 heteroatoms. The van der Waals surface area contributed by atoms with E-state index in [4.69, 9.17) is 0 Å². The van der Waals surface area contributed by atoms with E-state index in [1.165, 1.54) is 6.07 Å². The normalized spacial score (nSPS) is 12.4. The third kappa shape index (κ3) is 3.16. The van der Waals surface area contributed by atoms with Crippen molar-refractivity contribution in [2.24, 2.45) is 0 Å². The lowest BCUT2D eigenvalue weighted by Crippen LogP contribution is -2.23. The Morgan fingerprint density at radius 3 is 2.79 bits per heavy atom. The Balaban J connectivity index is 2.48. The highest BCUT2D eigenvalue weighted by Crippen LogP contribution is 2.26. The van der Waals surface area contributed by atoms with Crippen molar-refractivity contribution in [3.05, 3.63) is 63.9 Å². The Hall–Kier alpha value is -1.33. The number of halogens is 3. The fourth-order valence-corrected chi connectivity index (χ4v) is 2.32. The number of aromatic nitrogens is 1. The van der Waals surface area contributed by atoms with Crippen LogP contribution >= 0.6 is 15.9 Å². The van der Waals surface area contributed by atoms with E-state index in [9.17, 15) is 8.78 Å². The van der Waals surface area contributed by atoms with E-state index >= 15 is 0 Å². The molecule has 2 rings (SSSR count). The molecule has 0 saturated heterocycles. The quantitative estimate of drug-likeness (QED) is 0.923. The van der Waals surface area contributed by atoms with Crippen molar-refractivity contribution < 1.29 is 8.78 Å². The van der Waals surface area contributed by atoms with E-state index in [2.05, 4.69) is 26.2 Å². The first-order valence-corrected chi connectivity index (χ1v) is 6.70. The van der Waals surface area contributed by atoms with E-state index in [1.54, 1.807) is 18.5 Å². The summed E-state index contributed by atoms with van der Waals surface area (Å²) in [6.07, 6.45) is 3.29. The molecule has 1 unspecified atom stereocenters. The highest BCUT2D eigenvalue weighted by Gasteiger charge is 2.19. The molecular formula is C14H13BrF2N2. The van der Waals surface area contributed by atoms with Crippen molar-refractivity contribution in [1.29, 1.82) is 0 Å². The Morgan fingerprint density at radius 1 is 1.32 bits per heavy atom. The summed E-state index contributed by atoms with van der Waals surface area (Å²) in [6.45, 7) is 2.54. The molecule has 1 aromatic carbocycles. The van der Waals surface area contributed by atoms with Crippen molar-refractivity contribution in [2.45, 2.75) is 13.0 Å². The molecule has 0 aliphatic heterocycles. The number of nitrogens with one attached hydrogen (secondary N) is 1. The van der Waals surface area contributed by atoms with Crippen LogP contribution in [0.4, 0.5) is 8.78 Å². The first kappa shape index (κ1) is 14.1. The van der Waals surface area contributed by atoms with Crippen molar-refractivity contribution in [2.75, 3.05) is 6.54 Å². The molecule has 2 aromatic rings. The number of nitrogens with zero attached hydrogens (tertiary/aromatic N) is 1. The van der Waals surface area contributed by atoms with Crippen LogP contribution < -0.4 is 5.32 Å². The van der Waals surface area contributed by atoms with Gasteiger partial charge in [0.05, 0.1) is 6.04 Å². The molecule has 0 radical (unpaired) electrons. The zero-order valence-electron chi connectivity index (χ0n) is 10.3. The number of pyridine rings is 1. The van der Waals surface area contributed by atoms with Crippen LogP contribution in [0.2, 0.25) is 0 Å². The maximum absolute atomic E-state index is 13.9. The Kier molecular flexibility index (Phi) is 4.61. The summed E-state index contributed by atoms with van der Waals surface area (Å²) in [4.78, 5) is 4.06. The molecule has 1 heterocycles. The molecule has 0 saturated carbocycles. The van der Waals surface area contributed by atoms with Crippen LogP contribution in [0, 0.1) is 11.6 Å². The molecule has 0 amide bonds. The predicted molar refractivity (Wildman–Crippen MR) is 73.8 cm³/mol. The second-order valence-electron chi connectivity index (χ2n) is 4.07. The van der Waals surface area contributed by atoms with Crippen LogP contribution in [-0.2, 0) is 0 Å². The zero-order chi connectivity index (χ0) is 13.8. The molecular weight excluding hydrogens is 314 g/mol. The van der Waals surface area contributed by atoms with E-state index in [1.807, 2.05) is 13.0 Å². The van der Waals surface area contributed by atoms with Gasteiger partial charge in [-0.2, -0.15) is 0 Å². The van der Waals surface area contributed by atoms with Gasteiger partial charge in [-0.3, -0.25) is 4.98 Å². The molecule has 0 bridgehead atoms. The van der Waals surface area contributed by atoms with Crippen LogP contribution in [0.15, 0.2) is 41.1 Å². The molecule has 1 N–H and O–H groups in total. The number of rotatable bonds is 4. The topological polar surface area (TPSA) is 24.9 Å². The predicted octanol–water partition coefficient (Wildman–Crippen LogP) is 3.82. The molecule has 100 valence electrons. The SMILES string of the molecule is CCNC(c1cncc(Br)c1)c1cccc(F)c1F. The van der Waals surface area contributed by atoms with Gasteiger partial charge >= 0.3 is 0 Å². The second-order valence-corrected chi connectivity index (χ2v) is 4.99. The largest absolute Gasteiger partial charge is 0.306 e. The Morgan fingerprint density at radius 2 is 2.11 bits per heavy atom. The van der Waals surface area contributed by atoms with E-state index in [0.717, 1.165) is 16.1 Å². The number of benzene rings is 1. The minimum atomic E-state index is -0.844. The van der Waals surface area contributed by atoms with Gasteiger partial charge in [-0.25, -0.2) is 8.78 Å². The highest BCUT2D eigenvalue weighted by molar-refractivity contribution is 9.10. The maximum Gasteiger partial charge on any atom is 0.163 e. The summed E-state index contributed by atoms with van der Waals surface area (Å²) in [7, 11) is 0. The van der Waals surface area contributed by atoms with Crippen LogP contribution in [0.25, 0.3) is 0 Å². The van der Waals surface area contributed by atoms with Gasteiger partial charge in [0, 0.05) is 22.4 Å². The van der Waals surface area contributed by atoms with E-state index in [-0.39, 0.29) is 5.56 Å². The van der Waals surface area contributed by atoms with Crippen LogP contribution in [0.5, 0.6) is 0 Å². The summed E-state index contributed by atoms with van der Waals surface area (Å²) in [5, 5.41) is 3.14. The lowest BCUT2D eigenvalue weighted by atomic mass is 9.99. The van der Waals surface area contributed by atoms with Crippen molar-refractivity contribution in [3.8, 4) is 0 Å². The average Bonchev–Trinajstić information content (AvgIpc) is 2.40. The average molecular weight is 327 g/mol.